The van der Waals surface area contributed by atoms with E-state index in [2.05, 4.69) is 23.1 Å². The highest BCUT2D eigenvalue weighted by Crippen LogP contribution is 2.29. The van der Waals surface area contributed by atoms with E-state index in [0.29, 0.717) is 32.7 Å². The normalized spacial score (nSPS) is 14.1. The molecule has 0 aliphatic carbocycles. The summed E-state index contributed by atoms with van der Waals surface area (Å²) in [5.74, 6) is 0.265. The summed E-state index contributed by atoms with van der Waals surface area (Å²) in [6.45, 7) is 3.28. The molecule has 1 amide bonds. The van der Waals surface area contributed by atoms with E-state index in [9.17, 15) is 9.90 Å². The number of thiophene rings is 1. The van der Waals surface area contributed by atoms with Crippen LogP contribution in [0.2, 0.25) is 0 Å². The highest BCUT2D eigenvalue weighted by atomic mass is 32.1. The van der Waals surface area contributed by atoms with Gasteiger partial charge in [0, 0.05) is 44.0 Å². The highest BCUT2D eigenvalue weighted by Gasteiger charge is 2.21. The summed E-state index contributed by atoms with van der Waals surface area (Å²) in [6, 6.07) is 21.6. The van der Waals surface area contributed by atoms with Gasteiger partial charge >= 0.3 is 0 Å². The second-order valence-electron chi connectivity index (χ2n) is 8.23. The van der Waals surface area contributed by atoms with Crippen LogP contribution in [0.25, 0.3) is 16.6 Å². The van der Waals surface area contributed by atoms with Gasteiger partial charge in [-0.1, -0.05) is 48.5 Å². The van der Waals surface area contributed by atoms with Crippen molar-refractivity contribution in [3.8, 4) is 16.3 Å². The van der Waals surface area contributed by atoms with Crippen molar-refractivity contribution < 1.29 is 9.90 Å². The van der Waals surface area contributed by atoms with Crippen LogP contribution in [0.1, 0.15) is 11.1 Å². The largest absolute Gasteiger partial charge is 0.506 e. The van der Waals surface area contributed by atoms with Gasteiger partial charge in [0.05, 0.1) is 17.1 Å². The quantitative estimate of drug-likeness (QED) is 0.414. The molecule has 6 nitrogen and oxygen atoms in total. The maximum Gasteiger partial charge on any atom is 0.246 e. The molecule has 172 valence electrons. The Kier molecular flexibility index (Phi) is 6.44. The fraction of sp³-hybridized carbons (Fsp3) is 0.185. The molecule has 4 aromatic rings. The van der Waals surface area contributed by atoms with Crippen molar-refractivity contribution in [3.63, 3.8) is 0 Å². The van der Waals surface area contributed by atoms with Gasteiger partial charge in [-0.15, -0.1) is 11.3 Å². The lowest BCUT2D eigenvalue weighted by molar-refractivity contribution is -0.126. The Morgan fingerprint density at radius 3 is 2.47 bits per heavy atom. The first-order valence-electron chi connectivity index (χ1n) is 11.3. The third-order valence-electron chi connectivity index (χ3n) is 5.95. The van der Waals surface area contributed by atoms with Gasteiger partial charge in [0.15, 0.2) is 0 Å². The molecule has 0 radical (unpaired) electrons. The Hall–Kier alpha value is -3.84. The van der Waals surface area contributed by atoms with Crippen LogP contribution in [0.4, 0.5) is 5.69 Å². The molecule has 5 rings (SSSR count). The smallest absolute Gasteiger partial charge is 0.246 e. The molecule has 0 bridgehead atoms. The molecule has 0 unspecified atom stereocenters. The molecule has 2 aromatic heterocycles. The zero-order valence-electron chi connectivity index (χ0n) is 18.7. The average Bonchev–Trinajstić information content (AvgIpc) is 3.54. The SMILES string of the molecule is O=C(C=Cc1cn(Cc2ccccc2)nc1-c1cccs1)N1CCN(c2ccccc2O)CC1. The lowest BCUT2D eigenvalue weighted by Crippen LogP contribution is -2.48. The number of carbonyl (C=O) groups excluding carboxylic acids is 1. The van der Waals surface area contributed by atoms with Gasteiger partial charge in [-0.3, -0.25) is 9.48 Å². The minimum absolute atomic E-state index is 0.00938. The van der Waals surface area contributed by atoms with Crippen LogP contribution in [0.15, 0.2) is 84.4 Å². The standard InChI is InChI=1S/C27H26N4O2S/c32-24-10-5-4-9-23(24)29-14-16-30(17-15-29)26(33)13-12-22-20-31(19-21-7-2-1-3-8-21)28-27(22)25-11-6-18-34-25/h1-13,18,20,32H,14-17,19H2. The van der Waals surface area contributed by atoms with Gasteiger partial charge in [-0.05, 0) is 35.2 Å². The number of hydrogen-bond acceptors (Lipinski definition) is 5. The predicted molar refractivity (Wildman–Crippen MR) is 137 cm³/mol. The number of aromatic nitrogens is 2. The Morgan fingerprint density at radius 1 is 0.971 bits per heavy atom. The van der Waals surface area contributed by atoms with E-state index in [-0.39, 0.29) is 11.7 Å². The summed E-state index contributed by atoms with van der Waals surface area (Å²) in [7, 11) is 0. The number of phenolic OH excluding ortho intramolecular Hbond substituents is 1. The number of carbonyl (C=O) groups is 1. The molecule has 1 fully saturated rings. The fourth-order valence-electron chi connectivity index (χ4n) is 4.18. The monoisotopic (exact) mass is 470 g/mol. The van der Waals surface area contributed by atoms with E-state index < -0.39 is 0 Å². The number of aromatic hydroxyl groups is 1. The van der Waals surface area contributed by atoms with Crippen LogP contribution in [0, 0.1) is 0 Å². The van der Waals surface area contributed by atoms with Gasteiger partial charge in [0.1, 0.15) is 11.4 Å². The van der Waals surface area contributed by atoms with Crippen molar-refractivity contribution in [2.24, 2.45) is 0 Å². The lowest BCUT2D eigenvalue weighted by Gasteiger charge is -2.35. The minimum atomic E-state index is -0.00938. The van der Waals surface area contributed by atoms with Gasteiger partial charge in [0.2, 0.25) is 5.91 Å². The molecule has 3 heterocycles. The van der Waals surface area contributed by atoms with E-state index in [4.69, 9.17) is 5.10 Å². The number of phenols is 1. The van der Waals surface area contributed by atoms with Crippen molar-refractivity contribution in [2.75, 3.05) is 31.1 Å². The summed E-state index contributed by atoms with van der Waals surface area (Å²) in [5.41, 5.74) is 3.81. The number of piperazine rings is 1. The van der Waals surface area contributed by atoms with Crippen LogP contribution >= 0.6 is 11.3 Å². The van der Waals surface area contributed by atoms with Gasteiger partial charge < -0.3 is 14.9 Å². The van der Waals surface area contributed by atoms with Crippen molar-refractivity contribution >= 4 is 29.0 Å². The number of benzene rings is 2. The molecule has 1 aliphatic heterocycles. The maximum absolute atomic E-state index is 12.9. The lowest BCUT2D eigenvalue weighted by atomic mass is 10.2. The molecule has 0 spiro atoms. The average molecular weight is 471 g/mol. The molecule has 34 heavy (non-hydrogen) atoms. The number of hydrogen-bond donors (Lipinski definition) is 1. The molecular formula is C27H26N4O2S. The van der Waals surface area contributed by atoms with Crippen molar-refractivity contribution in [1.82, 2.24) is 14.7 Å². The molecular weight excluding hydrogens is 444 g/mol. The molecule has 1 saturated heterocycles. The number of amides is 1. The molecule has 2 aromatic carbocycles. The minimum Gasteiger partial charge on any atom is -0.506 e. The molecule has 0 saturated carbocycles. The fourth-order valence-corrected chi connectivity index (χ4v) is 4.91. The summed E-state index contributed by atoms with van der Waals surface area (Å²) in [5, 5.41) is 17.0. The van der Waals surface area contributed by atoms with Crippen molar-refractivity contribution in [3.05, 3.63) is 95.5 Å². The maximum atomic E-state index is 12.9. The van der Waals surface area contributed by atoms with Gasteiger partial charge in [0.25, 0.3) is 0 Å². The van der Waals surface area contributed by atoms with E-state index >= 15 is 0 Å². The van der Waals surface area contributed by atoms with Gasteiger partial charge in [-0.25, -0.2) is 0 Å². The number of para-hydroxylation sites is 2. The molecule has 1 aliphatic rings. The highest BCUT2D eigenvalue weighted by molar-refractivity contribution is 7.13. The topological polar surface area (TPSA) is 61.6 Å². The summed E-state index contributed by atoms with van der Waals surface area (Å²) < 4.78 is 1.93. The Bertz CT molecular complexity index is 1270. The third kappa shape index (κ3) is 4.89. The van der Waals surface area contributed by atoms with Crippen LogP contribution in [0.3, 0.4) is 0 Å². The van der Waals surface area contributed by atoms with E-state index in [1.807, 2.05) is 69.7 Å². The molecule has 7 heteroatoms. The zero-order valence-corrected chi connectivity index (χ0v) is 19.6. The second kappa shape index (κ2) is 9.97. The van der Waals surface area contributed by atoms with Crippen LogP contribution < -0.4 is 4.90 Å². The van der Waals surface area contributed by atoms with Gasteiger partial charge in [-0.2, -0.15) is 5.10 Å². The first-order chi connectivity index (χ1) is 16.7. The molecule has 1 N–H and O–H groups in total. The molecule has 0 atom stereocenters. The van der Waals surface area contributed by atoms with Crippen LogP contribution in [0.5, 0.6) is 5.75 Å². The van der Waals surface area contributed by atoms with E-state index in [0.717, 1.165) is 21.8 Å². The Morgan fingerprint density at radius 2 is 1.74 bits per heavy atom. The zero-order chi connectivity index (χ0) is 23.3. The number of nitrogens with zero attached hydrogens (tertiary/aromatic N) is 4. The summed E-state index contributed by atoms with van der Waals surface area (Å²) >= 11 is 1.64. The Labute approximate surface area is 203 Å². The van der Waals surface area contributed by atoms with E-state index in [1.54, 1.807) is 23.5 Å². The number of anilines is 1. The first kappa shape index (κ1) is 22.0. The summed E-state index contributed by atoms with van der Waals surface area (Å²) in [4.78, 5) is 18.0. The summed E-state index contributed by atoms with van der Waals surface area (Å²) in [6.07, 6.45) is 5.53. The van der Waals surface area contributed by atoms with Crippen molar-refractivity contribution in [2.45, 2.75) is 6.54 Å². The third-order valence-corrected chi connectivity index (χ3v) is 6.83. The first-order valence-corrected chi connectivity index (χ1v) is 12.2. The van der Waals surface area contributed by atoms with Crippen LogP contribution in [-0.4, -0.2) is 51.9 Å². The predicted octanol–water partition coefficient (Wildman–Crippen LogP) is 4.73. The van der Waals surface area contributed by atoms with E-state index in [1.165, 1.54) is 5.56 Å². The van der Waals surface area contributed by atoms with Crippen molar-refractivity contribution in [1.29, 1.82) is 0 Å². The number of rotatable bonds is 6. The Balaban J connectivity index is 1.29. The second-order valence-corrected chi connectivity index (χ2v) is 9.18. The van der Waals surface area contributed by atoms with Crippen LogP contribution in [-0.2, 0) is 11.3 Å².